The lowest BCUT2D eigenvalue weighted by atomic mass is 10.2. The van der Waals surface area contributed by atoms with Gasteiger partial charge in [-0.15, -0.1) is 0 Å². The fourth-order valence-corrected chi connectivity index (χ4v) is 3.34. The van der Waals surface area contributed by atoms with Crippen LogP contribution in [0.3, 0.4) is 0 Å². The van der Waals surface area contributed by atoms with Gasteiger partial charge in [-0.1, -0.05) is 12.6 Å². The minimum atomic E-state index is -3.68. The Morgan fingerprint density at radius 3 is 2.24 bits per heavy atom. The molecule has 0 amide bonds. The fraction of sp³-hybridized carbons (Fsp3) is 0.143. The van der Waals surface area contributed by atoms with Crippen molar-refractivity contribution in [2.45, 2.75) is 0 Å². The molecular formula is C21H22FN5O5S. The van der Waals surface area contributed by atoms with Gasteiger partial charge in [-0.2, -0.15) is 4.98 Å². The zero-order chi connectivity index (χ0) is 24.0. The second kappa shape index (κ2) is 10.0. The third-order valence-electron chi connectivity index (χ3n) is 4.27. The number of nitrogens with one attached hydrogen (secondary N) is 3. The van der Waals surface area contributed by atoms with Crippen LogP contribution in [-0.4, -0.2) is 39.7 Å². The highest BCUT2D eigenvalue weighted by atomic mass is 32.2. The van der Waals surface area contributed by atoms with Crippen molar-refractivity contribution < 1.29 is 27.0 Å². The van der Waals surface area contributed by atoms with Gasteiger partial charge in [0.2, 0.25) is 11.7 Å². The van der Waals surface area contributed by atoms with E-state index in [2.05, 4.69) is 31.9 Å². The smallest absolute Gasteiger partial charge is 0.254 e. The van der Waals surface area contributed by atoms with Crippen molar-refractivity contribution in [1.29, 1.82) is 0 Å². The molecule has 2 aromatic carbocycles. The molecule has 0 saturated heterocycles. The molecule has 3 aromatic rings. The maximum atomic E-state index is 14.4. The molecule has 0 aliphatic rings. The van der Waals surface area contributed by atoms with E-state index in [1.807, 2.05) is 0 Å². The van der Waals surface area contributed by atoms with Crippen LogP contribution < -0.4 is 29.6 Å². The molecule has 174 valence electrons. The molecule has 0 aliphatic carbocycles. The Kier molecular flexibility index (Phi) is 7.18. The van der Waals surface area contributed by atoms with Gasteiger partial charge in [0.25, 0.3) is 10.0 Å². The quantitative estimate of drug-likeness (QED) is 0.399. The number of nitrogens with zero attached hydrogens (tertiary/aromatic N) is 2. The molecule has 0 spiro atoms. The summed E-state index contributed by atoms with van der Waals surface area (Å²) in [5.41, 5.74) is 1.18. The number of halogens is 1. The van der Waals surface area contributed by atoms with E-state index in [-0.39, 0.29) is 17.5 Å². The van der Waals surface area contributed by atoms with E-state index in [1.165, 1.54) is 27.4 Å². The number of sulfonamides is 1. The Balaban J connectivity index is 1.86. The summed E-state index contributed by atoms with van der Waals surface area (Å²) in [6.45, 7) is 3.24. The predicted octanol–water partition coefficient (Wildman–Crippen LogP) is 4.01. The molecule has 0 aliphatic heterocycles. The van der Waals surface area contributed by atoms with Gasteiger partial charge in [0, 0.05) is 28.9 Å². The molecule has 0 bridgehead atoms. The SMILES string of the molecule is C=CS(=O)(=O)Nc1cccc(Nc2nc(Nc3cc(OC)c(OC)c(OC)c3)ncc2F)c1. The summed E-state index contributed by atoms with van der Waals surface area (Å²) in [4.78, 5) is 8.11. The first-order valence-corrected chi connectivity index (χ1v) is 10.9. The van der Waals surface area contributed by atoms with Crippen LogP contribution in [0.15, 0.2) is 54.6 Å². The molecule has 3 rings (SSSR count). The van der Waals surface area contributed by atoms with Gasteiger partial charge in [-0.3, -0.25) is 4.72 Å². The molecule has 0 radical (unpaired) electrons. The molecule has 10 nitrogen and oxygen atoms in total. The predicted molar refractivity (Wildman–Crippen MR) is 124 cm³/mol. The Morgan fingerprint density at radius 1 is 0.970 bits per heavy atom. The van der Waals surface area contributed by atoms with Gasteiger partial charge in [0.1, 0.15) is 0 Å². The molecule has 0 saturated carbocycles. The van der Waals surface area contributed by atoms with Gasteiger partial charge >= 0.3 is 0 Å². The molecule has 0 atom stereocenters. The van der Waals surface area contributed by atoms with Gasteiger partial charge in [0.05, 0.1) is 33.2 Å². The van der Waals surface area contributed by atoms with Crippen molar-refractivity contribution in [3.05, 3.63) is 60.4 Å². The third kappa shape index (κ3) is 5.80. The number of ether oxygens (including phenoxy) is 3. The van der Waals surface area contributed by atoms with Crippen molar-refractivity contribution in [2.24, 2.45) is 0 Å². The molecule has 1 aromatic heterocycles. The number of hydrogen-bond acceptors (Lipinski definition) is 9. The van der Waals surface area contributed by atoms with Crippen molar-refractivity contribution >= 4 is 38.9 Å². The number of anilines is 5. The zero-order valence-electron chi connectivity index (χ0n) is 18.0. The summed E-state index contributed by atoms with van der Waals surface area (Å²) >= 11 is 0. The first-order valence-electron chi connectivity index (χ1n) is 9.40. The topological polar surface area (TPSA) is 124 Å². The molecule has 12 heteroatoms. The number of rotatable bonds is 10. The average Bonchev–Trinajstić information content (AvgIpc) is 2.80. The van der Waals surface area contributed by atoms with Crippen LogP contribution in [0.25, 0.3) is 0 Å². The molecular weight excluding hydrogens is 453 g/mol. The summed E-state index contributed by atoms with van der Waals surface area (Å²) in [6.07, 6.45) is 1.000. The summed E-state index contributed by atoms with van der Waals surface area (Å²) < 4.78 is 56.0. The van der Waals surface area contributed by atoms with E-state index in [4.69, 9.17) is 14.2 Å². The molecule has 33 heavy (non-hydrogen) atoms. The van der Waals surface area contributed by atoms with Crippen molar-refractivity contribution in [2.75, 3.05) is 36.7 Å². The number of hydrogen-bond donors (Lipinski definition) is 3. The van der Waals surface area contributed by atoms with Gasteiger partial charge in [-0.25, -0.2) is 17.8 Å². The average molecular weight is 476 g/mol. The van der Waals surface area contributed by atoms with Gasteiger partial charge in [-0.05, 0) is 18.2 Å². The van der Waals surface area contributed by atoms with E-state index in [0.717, 1.165) is 11.6 Å². The normalized spacial score (nSPS) is 10.8. The lowest BCUT2D eigenvalue weighted by Gasteiger charge is -2.15. The number of methoxy groups -OCH3 is 3. The minimum Gasteiger partial charge on any atom is -0.493 e. The Labute approximate surface area is 190 Å². The molecule has 1 heterocycles. The van der Waals surface area contributed by atoms with Crippen molar-refractivity contribution in [3.63, 3.8) is 0 Å². The lowest BCUT2D eigenvalue weighted by molar-refractivity contribution is 0.324. The van der Waals surface area contributed by atoms with Crippen molar-refractivity contribution in [3.8, 4) is 17.2 Å². The highest BCUT2D eigenvalue weighted by Crippen LogP contribution is 2.40. The summed E-state index contributed by atoms with van der Waals surface area (Å²) in [7, 11) is 0.784. The maximum absolute atomic E-state index is 14.4. The third-order valence-corrected chi connectivity index (χ3v) is 5.23. The number of benzene rings is 2. The molecule has 0 fully saturated rings. The monoisotopic (exact) mass is 475 g/mol. The van der Waals surface area contributed by atoms with Crippen LogP contribution in [0.2, 0.25) is 0 Å². The first-order chi connectivity index (χ1) is 15.8. The highest BCUT2D eigenvalue weighted by molar-refractivity contribution is 7.95. The van der Waals surface area contributed by atoms with Crippen LogP contribution in [0.5, 0.6) is 17.2 Å². The molecule has 0 unspecified atom stereocenters. The van der Waals surface area contributed by atoms with Crippen LogP contribution in [0.1, 0.15) is 0 Å². The summed E-state index contributed by atoms with van der Waals surface area (Å²) in [5, 5.41) is 6.56. The Bertz CT molecular complexity index is 1240. The number of aromatic nitrogens is 2. The minimum absolute atomic E-state index is 0.0942. The van der Waals surface area contributed by atoms with E-state index < -0.39 is 15.8 Å². The zero-order valence-corrected chi connectivity index (χ0v) is 18.9. The van der Waals surface area contributed by atoms with Crippen LogP contribution in [0, 0.1) is 5.82 Å². The summed E-state index contributed by atoms with van der Waals surface area (Å²) in [5.74, 6) is 0.514. The van der Waals surface area contributed by atoms with E-state index >= 15 is 0 Å². The van der Waals surface area contributed by atoms with Gasteiger partial charge in [0.15, 0.2) is 23.1 Å². The van der Waals surface area contributed by atoms with Crippen LogP contribution >= 0.6 is 0 Å². The first kappa shape index (κ1) is 23.6. The fourth-order valence-electron chi connectivity index (χ4n) is 2.80. The second-order valence-electron chi connectivity index (χ2n) is 6.45. The highest BCUT2D eigenvalue weighted by Gasteiger charge is 2.15. The Morgan fingerprint density at radius 2 is 1.64 bits per heavy atom. The van der Waals surface area contributed by atoms with Crippen LogP contribution in [0.4, 0.5) is 33.2 Å². The van der Waals surface area contributed by atoms with Crippen LogP contribution in [-0.2, 0) is 10.0 Å². The van der Waals surface area contributed by atoms with E-state index in [9.17, 15) is 12.8 Å². The maximum Gasteiger partial charge on any atom is 0.254 e. The summed E-state index contributed by atoms with van der Waals surface area (Å²) in [6, 6.07) is 9.54. The lowest BCUT2D eigenvalue weighted by Crippen LogP contribution is -2.08. The standard InChI is InChI=1S/C21H22FN5O5S/c1-5-33(28,29)27-14-8-6-7-13(9-14)24-20-16(22)12-23-21(26-20)25-15-10-17(30-2)19(32-4)18(11-15)31-3/h5-12,27H,1H2,2-4H3,(H2,23,24,25,26). The van der Waals surface area contributed by atoms with Crippen molar-refractivity contribution in [1.82, 2.24) is 9.97 Å². The van der Waals surface area contributed by atoms with E-state index in [1.54, 1.807) is 30.3 Å². The largest absolute Gasteiger partial charge is 0.493 e. The molecule has 3 N–H and O–H groups in total. The Hall–Kier alpha value is -4.06. The van der Waals surface area contributed by atoms with E-state index in [0.29, 0.717) is 28.6 Å². The van der Waals surface area contributed by atoms with Gasteiger partial charge < -0.3 is 24.8 Å². The second-order valence-corrected chi connectivity index (χ2v) is 8.08.